The number of ether oxygens (including phenoxy) is 1. The van der Waals surface area contributed by atoms with Crippen LogP contribution >= 0.6 is 15.9 Å². The van der Waals surface area contributed by atoms with Crippen LogP contribution in [0.4, 0.5) is 20.6 Å². The highest BCUT2D eigenvalue weighted by Gasteiger charge is 2.28. The maximum Gasteiger partial charge on any atom is 0.410 e. The molecule has 0 radical (unpaired) electrons. The number of nitro groups is 1. The van der Waals surface area contributed by atoms with Gasteiger partial charge in [0.15, 0.2) is 5.82 Å². The van der Waals surface area contributed by atoms with Gasteiger partial charge in [-0.05, 0) is 36.7 Å². The van der Waals surface area contributed by atoms with E-state index in [1.807, 2.05) is 0 Å². The van der Waals surface area contributed by atoms with Crippen molar-refractivity contribution >= 4 is 33.4 Å². The van der Waals surface area contributed by atoms with E-state index in [1.165, 1.54) is 6.07 Å². The maximum absolute atomic E-state index is 14.3. The Hall–Kier alpha value is -1.90. The molecule has 1 saturated heterocycles. The molecule has 132 valence electrons. The van der Waals surface area contributed by atoms with Crippen molar-refractivity contribution in [1.29, 1.82) is 0 Å². The minimum atomic E-state index is -0.665. The quantitative estimate of drug-likeness (QED) is 0.557. The number of rotatable bonds is 2. The zero-order chi connectivity index (χ0) is 18.1. The molecule has 1 aromatic carbocycles. The summed E-state index contributed by atoms with van der Waals surface area (Å²) in [4.78, 5) is 25.5. The largest absolute Gasteiger partial charge is 0.444 e. The molecular weight excluding hydrogens is 385 g/mol. The molecule has 0 atom stereocenters. The summed E-state index contributed by atoms with van der Waals surface area (Å²) in [6.45, 7) is 6.98. The first-order valence-electron chi connectivity index (χ1n) is 7.45. The Labute approximate surface area is 147 Å². The van der Waals surface area contributed by atoms with Gasteiger partial charge >= 0.3 is 6.09 Å². The molecule has 1 aromatic rings. The summed E-state index contributed by atoms with van der Waals surface area (Å²) >= 11 is 3.19. The molecule has 0 bridgehead atoms. The summed E-state index contributed by atoms with van der Waals surface area (Å²) in [5.74, 6) is -0.665. The topological polar surface area (TPSA) is 75.9 Å². The van der Waals surface area contributed by atoms with Gasteiger partial charge in [0.05, 0.1) is 21.1 Å². The first kappa shape index (κ1) is 18.4. The molecule has 0 N–H and O–H groups in total. The summed E-state index contributed by atoms with van der Waals surface area (Å²) in [6, 6.07) is 2.18. The van der Waals surface area contributed by atoms with Gasteiger partial charge in [-0.2, -0.15) is 0 Å². The van der Waals surface area contributed by atoms with E-state index in [1.54, 1.807) is 30.6 Å². The molecule has 0 saturated carbocycles. The molecule has 0 aliphatic carbocycles. The number of benzene rings is 1. The van der Waals surface area contributed by atoms with Crippen molar-refractivity contribution in [2.24, 2.45) is 0 Å². The summed E-state index contributed by atoms with van der Waals surface area (Å²) < 4.78 is 19.9. The lowest BCUT2D eigenvalue weighted by molar-refractivity contribution is -0.385. The van der Waals surface area contributed by atoms with Gasteiger partial charge in [-0.15, -0.1) is 0 Å². The van der Waals surface area contributed by atoms with Crippen LogP contribution in [0.2, 0.25) is 0 Å². The number of anilines is 1. The van der Waals surface area contributed by atoms with Gasteiger partial charge in [0.2, 0.25) is 0 Å². The molecule has 1 heterocycles. The van der Waals surface area contributed by atoms with Crippen molar-refractivity contribution in [1.82, 2.24) is 4.90 Å². The molecule has 1 amide bonds. The molecule has 9 heteroatoms. The normalized spacial score (nSPS) is 15.4. The minimum absolute atomic E-state index is 0.268. The fourth-order valence-electron chi connectivity index (χ4n) is 2.40. The van der Waals surface area contributed by atoms with Gasteiger partial charge in [0, 0.05) is 32.2 Å². The smallest absolute Gasteiger partial charge is 0.410 e. The number of carbonyl (C=O) groups excluding carboxylic acids is 1. The predicted molar refractivity (Wildman–Crippen MR) is 90.8 cm³/mol. The Bertz CT molecular complexity index is 632. The zero-order valence-electron chi connectivity index (χ0n) is 13.7. The van der Waals surface area contributed by atoms with E-state index >= 15 is 0 Å². The number of hydrogen-bond acceptors (Lipinski definition) is 5. The van der Waals surface area contributed by atoms with Gasteiger partial charge in [-0.25, -0.2) is 9.18 Å². The fraction of sp³-hybridized carbons (Fsp3) is 0.533. The molecule has 24 heavy (non-hydrogen) atoms. The summed E-state index contributed by atoms with van der Waals surface area (Å²) in [7, 11) is 0. The second kappa shape index (κ2) is 6.92. The van der Waals surface area contributed by atoms with Gasteiger partial charge < -0.3 is 14.5 Å². The van der Waals surface area contributed by atoms with Crippen molar-refractivity contribution in [3.8, 4) is 0 Å². The average molecular weight is 404 g/mol. The van der Waals surface area contributed by atoms with Crippen LogP contribution in [0, 0.1) is 15.9 Å². The maximum atomic E-state index is 14.3. The van der Waals surface area contributed by atoms with E-state index in [9.17, 15) is 19.3 Å². The number of nitrogens with zero attached hydrogens (tertiary/aromatic N) is 3. The molecular formula is C15H19BrFN3O4. The minimum Gasteiger partial charge on any atom is -0.444 e. The van der Waals surface area contributed by atoms with Gasteiger partial charge in [-0.3, -0.25) is 10.1 Å². The number of amides is 1. The van der Waals surface area contributed by atoms with Gasteiger partial charge in [0.25, 0.3) is 5.69 Å². The number of carbonyl (C=O) groups is 1. The number of piperazine rings is 1. The Morgan fingerprint density at radius 1 is 1.29 bits per heavy atom. The fourth-order valence-corrected chi connectivity index (χ4v) is 3.07. The van der Waals surface area contributed by atoms with Crippen molar-refractivity contribution in [3.63, 3.8) is 0 Å². The molecule has 0 spiro atoms. The molecule has 1 fully saturated rings. The number of halogens is 2. The highest BCUT2D eigenvalue weighted by Crippen LogP contribution is 2.34. The first-order chi connectivity index (χ1) is 11.1. The van der Waals surface area contributed by atoms with Crippen LogP contribution in [0.25, 0.3) is 0 Å². The Balaban J connectivity index is 2.07. The average Bonchev–Trinajstić information content (AvgIpc) is 2.45. The monoisotopic (exact) mass is 403 g/mol. The van der Waals surface area contributed by atoms with E-state index in [-0.39, 0.29) is 11.4 Å². The van der Waals surface area contributed by atoms with Crippen LogP contribution in [0.5, 0.6) is 0 Å². The number of nitro benzene ring substituents is 1. The van der Waals surface area contributed by atoms with E-state index in [0.717, 1.165) is 6.07 Å². The zero-order valence-corrected chi connectivity index (χ0v) is 15.3. The van der Waals surface area contributed by atoms with Crippen LogP contribution in [0.15, 0.2) is 16.6 Å². The van der Waals surface area contributed by atoms with E-state index in [4.69, 9.17) is 4.74 Å². The third-order valence-electron chi connectivity index (χ3n) is 3.46. The van der Waals surface area contributed by atoms with Crippen LogP contribution in [-0.4, -0.2) is 47.7 Å². The molecule has 1 aliphatic rings. The molecule has 1 aliphatic heterocycles. The lowest BCUT2D eigenvalue weighted by Crippen LogP contribution is -2.50. The summed E-state index contributed by atoms with van der Waals surface area (Å²) in [5.41, 5.74) is -0.609. The summed E-state index contributed by atoms with van der Waals surface area (Å²) in [5, 5.41) is 10.8. The van der Waals surface area contributed by atoms with E-state index in [0.29, 0.717) is 30.7 Å². The molecule has 7 nitrogen and oxygen atoms in total. The third-order valence-corrected chi connectivity index (χ3v) is 4.06. The highest BCUT2D eigenvalue weighted by atomic mass is 79.9. The second-order valence-corrected chi connectivity index (χ2v) is 7.32. The molecule has 0 aromatic heterocycles. The number of non-ortho nitro benzene ring substituents is 1. The molecule has 0 unspecified atom stereocenters. The first-order valence-corrected chi connectivity index (χ1v) is 8.24. The molecule has 2 rings (SSSR count). The van der Waals surface area contributed by atoms with Crippen molar-refractivity contribution in [2.75, 3.05) is 31.1 Å². The lowest BCUT2D eigenvalue weighted by Gasteiger charge is -2.37. The van der Waals surface area contributed by atoms with E-state index < -0.39 is 22.4 Å². The third kappa shape index (κ3) is 4.34. The van der Waals surface area contributed by atoms with Crippen molar-refractivity contribution in [2.45, 2.75) is 26.4 Å². The Kier molecular flexibility index (Phi) is 5.32. The lowest BCUT2D eigenvalue weighted by atomic mass is 10.2. The second-order valence-electron chi connectivity index (χ2n) is 6.47. The van der Waals surface area contributed by atoms with Crippen LogP contribution < -0.4 is 4.90 Å². The van der Waals surface area contributed by atoms with Gasteiger partial charge in [0.1, 0.15) is 5.60 Å². The van der Waals surface area contributed by atoms with Gasteiger partial charge in [-0.1, -0.05) is 0 Å². The van der Waals surface area contributed by atoms with E-state index in [2.05, 4.69) is 15.9 Å². The summed E-state index contributed by atoms with van der Waals surface area (Å²) in [6.07, 6.45) is -0.398. The predicted octanol–water partition coefficient (Wildman–Crippen LogP) is 3.55. The Morgan fingerprint density at radius 2 is 1.88 bits per heavy atom. The SMILES string of the molecule is CC(C)(C)OC(=O)N1CCN(c2c(F)cc([N+](=O)[O-])cc2Br)CC1. The van der Waals surface area contributed by atoms with Crippen molar-refractivity contribution < 1.29 is 18.8 Å². The highest BCUT2D eigenvalue weighted by molar-refractivity contribution is 9.10. The number of hydrogen-bond donors (Lipinski definition) is 0. The Morgan fingerprint density at radius 3 is 2.33 bits per heavy atom. The standard InChI is InChI=1S/C15H19BrFN3O4/c1-15(2,3)24-14(21)19-6-4-18(5-7-19)13-11(16)8-10(20(22)23)9-12(13)17/h8-9H,4-7H2,1-3H3. The van der Waals surface area contributed by atoms with Crippen LogP contribution in [0.3, 0.4) is 0 Å². The van der Waals surface area contributed by atoms with Crippen molar-refractivity contribution in [3.05, 3.63) is 32.5 Å². The van der Waals surface area contributed by atoms with Crippen LogP contribution in [-0.2, 0) is 4.74 Å². The van der Waals surface area contributed by atoms with Crippen LogP contribution in [0.1, 0.15) is 20.8 Å².